The summed E-state index contributed by atoms with van der Waals surface area (Å²) in [5.41, 5.74) is 7.37. The van der Waals surface area contributed by atoms with Gasteiger partial charge in [0.05, 0.1) is 23.6 Å². The van der Waals surface area contributed by atoms with Gasteiger partial charge in [-0.15, -0.1) is 0 Å². The van der Waals surface area contributed by atoms with Crippen molar-refractivity contribution in [2.45, 2.75) is 32.8 Å². The molecule has 0 bridgehead atoms. The van der Waals surface area contributed by atoms with E-state index in [1.165, 1.54) is 0 Å². The Kier molecular flexibility index (Phi) is 5.28. The molecule has 1 aromatic carbocycles. The Morgan fingerprint density at radius 3 is 2.67 bits per heavy atom. The molecule has 0 unspecified atom stereocenters. The molecule has 0 saturated carbocycles. The molecule has 0 aliphatic rings. The molecule has 0 aromatic heterocycles. The van der Waals surface area contributed by atoms with Gasteiger partial charge in [0.1, 0.15) is 5.75 Å². The van der Waals surface area contributed by atoms with Crippen LogP contribution in [-0.4, -0.2) is 25.9 Å². The van der Waals surface area contributed by atoms with Crippen molar-refractivity contribution < 1.29 is 9.47 Å². The summed E-state index contributed by atoms with van der Waals surface area (Å²) >= 11 is 0. The second-order valence-electron chi connectivity index (χ2n) is 4.88. The quantitative estimate of drug-likeness (QED) is 0.733. The Bertz CT molecular complexity index is 378. The third-order valence-electron chi connectivity index (χ3n) is 2.78. The molecule has 0 saturated heterocycles. The van der Waals surface area contributed by atoms with E-state index in [1.807, 2.05) is 32.0 Å². The van der Waals surface area contributed by atoms with Crippen LogP contribution in [0.4, 0.5) is 11.4 Å². The van der Waals surface area contributed by atoms with Gasteiger partial charge in [-0.1, -0.05) is 13.0 Å². The molecule has 1 aromatic rings. The molecular formula is C14H24N2O2. The zero-order valence-electron chi connectivity index (χ0n) is 11.7. The van der Waals surface area contributed by atoms with Crippen LogP contribution in [0.3, 0.4) is 0 Å². The fourth-order valence-electron chi connectivity index (χ4n) is 1.42. The van der Waals surface area contributed by atoms with E-state index in [0.717, 1.165) is 17.9 Å². The summed E-state index contributed by atoms with van der Waals surface area (Å²) < 4.78 is 10.9. The second-order valence-corrected chi connectivity index (χ2v) is 4.88. The first-order valence-corrected chi connectivity index (χ1v) is 6.30. The Hall–Kier alpha value is -1.42. The highest BCUT2D eigenvalue weighted by molar-refractivity contribution is 5.72. The molecule has 0 spiro atoms. The molecule has 4 nitrogen and oxygen atoms in total. The van der Waals surface area contributed by atoms with Crippen LogP contribution in [0.1, 0.15) is 27.2 Å². The minimum Gasteiger partial charge on any atom is -0.491 e. The van der Waals surface area contributed by atoms with Crippen molar-refractivity contribution in [1.82, 2.24) is 0 Å². The summed E-state index contributed by atoms with van der Waals surface area (Å²) in [6.07, 6.45) is 0.966. The van der Waals surface area contributed by atoms with Gasteiger partial charge >= 0.3 is 0 Å². The van der Waals surface area contributed by atoms with Gasteiger partial charge in [0, 0.05) is 13.7 Å². The molecule has 3 N–H and O–H groups in total. The van der Waals surface area contributed by atoms with Crippen LogP contribution in [0.5, 0.6) is 5.75 Å². The van der Waals surface area contributed by atoms with Crippen LogP contribution >= 0.6 is 0 Å². The van der Waals surface area contributed by atoms with E-state index in [-0.39, 0.29) is 5.60 Å². The van der Waals surface area contributed by atoms with Gasteiger partial charge < -0.3 is 20.5 Å². The minimum atomic E-state index is -0.229. The van der Waals surface area contributed by atoms with Crippen LogP contribution in [0.2, 0.25) is 0 Å². The second kappa shape index (κ2) is 6.50. The number of rotatable bonds is 7. The van der Waals surface area contributed by atoms with Gasteiger partial charge in [0.15, 0.2) is 0 Å². The topological polar surface area (TPSA) is 56.5 Å². The number of hydrogen-bond donors (Lipinski definition) is 2. The summed E-state index contributed by atoms with van der Waals surface area (Å²) in [5, 5.41) is 3.29. The maximum atomic E-state index is 6.07. The van der Waals surface area contributed by atoms with Gasteiger partial charge in [-0.25, -0.2) is 0 Å². The smallest absolute Gasteiger partial charge is 0.144 e. The van der Waals surface area contributed by atoms with Crippen LogP contribution in [0.25, 0.3) is 0 Å². The van der Waals surface area contributed by atoms with Crippen molar-refractivity contribution in [2.24, 2.45) is 0 Å². The lowest BCUT2D eigenvalue weighted by atomic mass is 10.1. The lowest BCUT2D eigenvalue weighted by Crippen LogP contribution is -2.32. The molecule has 0 amide bonds. The zero-order valence-corrected chi connectivity index (χ0v) is 11.7. The number of nitrogen functional groups attached to an aromatic ring is 1. The summed E-state index contributed by atoms with van der Waals surface area (Å²) in [5.74, 6) is 0.733. The van der Waals surface area contributed by atoms with Crippen molar-refractivity contribution in [3.63, 3.8) is 0 Å². The summed E-state index contributed by atoms with van der Waals surface area (Å²) in [4.78, 5) is 0. The van der Waals surface area contributed by atoms with Gasteiger partial charge in [-0.05, 0) is 32.4 Å². The van der Waals surface area contributed by atoms with Crippen molar-refractivity contribution in [3.05, 3.63) is 18.2 Å². The molecule has 1 rings (SSSR count). The molecule has 4 heteroatoms. The number of ether oxygens (including phenoxy) is 2. The van der Waals surface area contributed by atoms with Crippen LogP contribution in [-0.2, 0) is 4.74 Å². The molecule has 18 heavy (non-hydrogen) atoms. The van der Waals surface area contributed by atoms with Gasteiger partial charge in [0.2, 0.25) is 0 Å². The number of nitrogens with two attached hydrogens (primary N) is 1. The fourth-order valence-corrected chi connectivity index (χ4v) is 1.42. The maximum Gasteiger partial charge on any atom is 0.144 e. The Morgan fingerprint density at radius 1 is 1.33 bits per heavy atom. The molecule has 0 fully saturated rings. The van der Waals surface area contributed by atoms with E-state index in [0.29, 0.717) is 18.8 Å². The average Bonchev–Trinajstić information content (AvgIpc) is 2.36. The molecule has 0 atom stereocenters. The Labute approximate surface area is 109 Å². The van der Waals surface area contributed by atoms with Crippen molar-refractivity contribution >= 4 is 11.4 Å². The predicted molar refractivity (Wildman–Crippen MR) is 76.2 cm³/mol. The van der Waals surface area contributed by atoms with Gasteiger partial charge in [-0.3, -0.25) is 0 Å². The first-order chi connectivity index (χ1) is 8.50. The highest BCUT2D eigenvalue weighted by Crippen LogP contribution is 2.29. The van der Waals surface area contributed by atoms with Crippen molar-refractivity contribution in [1.29, 1.82) is 0 Å². The number of benzene rings is 1. The highest BCUT2D eigenvalue weighted by atomic mass is 16.5. The molecule has 102 valence electrons. The number of hydrogen-bond acceptors (Lipinski definition) is 4. The van der Waals surface area contributed by atoms with Gasteiger partial charge in [-0.2, -0.15) is 0 Å². The zero-order chi connectivity index (χ0) is 13.6. The van der Waals surface area contributed by atoms with E-state index in [4.69, 9.17) is 15.2 Å². The average molecular weight is 252 g/mol. The third-order valence-corrected chi connectivity index (χ3v) is 2.78. The number of nitrogens with one attached hydrogen (secondary N) is 1. The standard InChI is InChI=1S/C14H24N2O2/c1-5-9-18-12-8-6-7-11(13(12)15)16-10-14(2,3)17-4/h6-8,16H,5,9-10,15H2,1-4H3. The molecular weight excluding hydrogens is 228 g/mol. The lowest BCUT2D eigenvalue weighted by Gasteiger charge is -2.24. The normalized spacial score (nSPS) is 11.3. The predicted octanol–water partition coefficient (Wildman–Crippen LogP) is 2.89. The first-order valence-electron chi connectivity index (χ1n) is 6.30. The largest absolute Gasteiger partial charge is 0.491 e. The summed E-state index contributed by atoms with van der Waals surface area (Å²) in [7, 11) is 1.70. The van der Waals surface area contributed by atoms with Crippen LogP contribution in [0, 0.1) is 0 Å². The highest BCUT2D eigenvalue weighted by Gasteiger charge is 2.16. The van der Waals surface area contributed by atoms with E-state index in [9.17, 15) is 0 Å². The summed E-state index contributed by atoms with van der Waals surface area (Å²) in [6.45, 7) is 7.47. The molecule has 0 radical (unpaired) electrons. The fraction of sp³-hybridized carbons (Fsp3) is 0.571. The monoisotopic (exact) mass is 252 g/mol. The van der Waals surface area contributed by atoms with E-state index < -0.39 is 0 Å². The van der Waals surface area contributed by atoms with E-state index in [1.54, 1.807) is 7.11 Å². The Morgan fingerprint density at radius 2 is 2.06 bits per heavy atom. The lowest BCUT2D eigenvalue weighted by molar-refractivity contribution is 0.0344. The van der Waals surface area contributed by atoms with Crippen molar-refractivity contribution in [2.75, 3.05) is 31.3 Å². The number of para-hydroxylation sites is 1. The van der Waals surface area contributed by atoms with Crippen LogP contribution in [0.15, 0.2) is 18.2 Å². The number of methoxy groups -OCH3 is 1. The van der Waals surface area contributed by atoms with E-state index >= 15 is 0 Å². The molecule has 0 heterocycles. The number of anilines is 2. The SMILES string of the molecule is CCCOc1cccc(NCC(C)(C)OC)c1N. The van der Waals surface area contributed by atoms with Crippen LogP contribution < -0.4 is 15.8 Å². The third kappa shape index (κ3) is 4.11. The maximum absolute atomic E-state index is 6.07. The Balaban J connectivity index is 2.71. The summed E-state index contributed by atoms with van der Waals surface area (Å²) in [6, 6.07) is 5.76. The minimum absolute atomic E-state index is 0.229. The van der Waals surface area contributed by atoms with E-state index in [2.05, 4.69) is 12.2 Å². The molecule has 0 aliphatic heterocycles. The van der Waals surface area contributed by atoms with Crippen molar-refractivity contribution in [3.8, 4) is 5.75 Å². The first kappa shape index (κ1) is 14.6. The van der Waals surface area contributed by atoms with Gasteiger partial charge in [0.25, 0.3) is 0 Å². The molecule has 0 aliphatic carbocycles.